The zero-order chi connectivity index (χ0) is 18.4. The van der Waals surface area contributed by atoms with Crippen molar-refractivity contribution in [1.29, 1.82) is 0 Å². The van der Waals surface area contributed by atoms with Gasteiger partial charge in [-0.15, -0.1) is 12.4 Å². The number of nitrogens with two attached hydrogens (primary N) is 1. The van der Waals surface area contributed by atoms with Crippen LogP contribution in [0.3, 0.4) is 0 Å². The molecule has 2 aromatic rings. The first-order valence-electron chi connectivity index (χ1n) is 8.01. The summed E-state index contributed by atoms with van der Waals surface area (Å²) in [4.78, 5) is 25.5. The lowest BCUT2D eigenvalue weighted by molar-refractivity contribution is -0.145. The van der Waals surface area contributed by atoms with Crippen molar-refractivity contribution in [3.05, 3.63) is 59.7 Å². The van der Waals surface area contributed by atoms with E-state index in [1.54, 1.807) is 12.1 Å². The van der Waals surface area contributed by atoms with Gasteiger partial charge in [-0.3, -0.25) is 4.79 Å². The summed E-state index contributed by atoms with van der Waals surface area (Å²) in [6.45, 7) is 1.99. The van der Waals surface area contributed by atoms with Crippen molar-refractivity contribution in [1.82, 2.24) is 0 Å². The maximum atomic E-state index is 13.2. The Hall–Kier alpha value is -1.82. The molecule has 6 heteroatoms. The number of thioether (sulfide) groups is 1. The Labute approximate surface area is 164 Å². The monoisotopic (exact) mass is 393 g/mol. The fraction of sp³-hybridized carbons (Fsp3) is 0.300. The molecule has 0 saturated heterocycles. The van der Waals surface area contributed by atoms with Crippen LogP contribution in [0.2, 0.25) is 0 Å². The van der Waals surface area contributed by atoms with Crippen LogP contribution < -0.4 is 5.73 Å². The topological polar surface area (TPSA) is 69.4 Å². The molecule has 0 aliphatic carbocycles. The van der Waals surface area contributed by atoms with Gasteiger partial charge in [-0.05, 0) is 42.0 Å². The third-order valence-corrected chi connectivity index (χ3v) is 4.87. The SMILES string of the molecule is COC(=O)C(N)(CCSC)C(=O)c1ccccc1-c1ccccc1C.Cl. The lowest BCUT2D eigenvalue weighted by Crippen LogP contribution is -2.56. The molecular formula is C20H24ClNO3S. The number of carbonyl (C=O) groups excluding carboxylic acids is 2. The Kier molecular flexibility index (Phi) is 8.34. The molecule has 2 aromatic carbocycles. The lowest BCUT2D eigenvalue weighted by atomic mass is 9.83. The maximum Gasteiger partial charge on any atom is 0.334 e. The summed E-state index contributed by atoms with van der Waals surface area (Å²) in [7, 11) is 1.25. The Bertz CT molecular complexity index is 781. The second-order valence-electron chi connectivity index (χ2n) is 5.90. The first kappa shape index (κ1) is 22.2. The molecule has 0 aromatic heterocycles. The number of rotatable bonds is 7. The molecular weight excluding hydrogens is 370 g/mol. The number of methoxy groups -OCH3 is 1. The van der Waals surface area contributed by atoms with Gasteiger partial charge >= 0.3 is 5.97 Å². The third kappa shape index (κ3) is 4.47. The second-order valence-corrected chi connectivity index (χ2v) is 6.88. The molecule has 0 bridgehead atoms. The quantitative estimate of drug-likeness (QED) is 0.439. The summed E-state index contributed by atoms with van der Waals surface area (Å²) in [6, 6.07) is 15.1. The molecule has 140 valence electrons. The summed E-state index contributed by atoms with van der Waals surface area (Å²) in [6.07, 6.45) is 2.13. The molecule has 4 nitrogen and oxygen atoms in total. The predicted molar refractivity (Wildman–Crippen MR) is 110 cm³/mol. The van der Waals surface area contributed by atoms with Gasteiger partial charge in [0, 0.05) is 5.56 Å². The van der Waals surface area contributed by atoms with Gasteiger partial charge in [0.1, 0.15) is 0 Å². The van der Waals surface area contributed by atoms with Crippen molar-refractivity contribution in [2.45, 2.75) is 18.9 Å². The fourth-order valence-electron chi connectivity index (χ4n) is 2.78. The van der Waals surface area contributed by atoms with Crippen molar-refractivity contribution >= 4 is 35.9 Å². The van der Waals surface area contributed by atoms with Gasteiger partial charge in [-0.25, -0.2) is 4.79 Å². The molecule has 26 heavy (non-hydrogen) atoms. The molecule has 1 atom stereocenters. The van der Waals surface area contributed by atoms with E-state index in [2.05, 4.69) is 0 Å². The molecule has 1 unspecified atom stereocenters. The maximum absolute atomic E-state index is 13.2. The number of ether oxygens (including phenoxy) is 1. The van der Waals surface area contributed by atoms with Crippen LogP contribution >= 0.6 is 24.2 Å². The molecule has 0 spiro atoms. The van der Waals surface area contributed by atoms with E-state index in [0.29, 0.717) is 11.3 Å². The second kappa shape index (κ2) is 9.76. The average molecular weight is 394 g/mol. The van der Waals surface area contributed by atoms with Crippen molar-refractivity contribution in [3.8, 4) is 11.1 Å². The number of esters is 1. The highest BCUT2D eigenvalue weighted by atomic mass is 35.5. The number of benzene rings is 2. The van der Waals surface area contributed by atoms with E-state index in [4.69, 9.17) is 10.5 Å². The van der Waals surface area contributed by atoms with Gasteiger partial charge in [-0.2, -0.15) is 11.8 Å². The smallest absolute Gasteiger partial charge is 0.334 e. The normalized spacial score (nSPS) is 12.6. The minimum atomic E-state index is -1.68. The zero-order valence-corrected chi connectivity index (χ0v) is 16.8. The first-order valence-corrected chi connectivity index (χ1v) is 9.41. The van der Waals surface area contributed by atoms with E-state index >= 15 is 0 Å². The first-order chi connectivity index (χ1) is 12.0. The number of hydrogen-bond donors (Lipinski definition) is 1. The summed E-state index contributed by atoms with van der Waals surface area (Å²) >= 11 is 1.53. The summed E-state index contributed by atoms with van der Waals surface area (Å²) < 4.78 is 4.83. The standard InChI is InChI=1S/C20H23NO3S.ClH/c1-14-8-4-5-9-15(14)16-10-6-7-11-17(16)18(22)20(21,12-13-25-3)19(23)24-2;/h4-11H,12-13,21H2,1-3H3;1H. The van der Waals surface area contributed by atoms with Crippen LogP contribution in [0.5, 0.6) is 0 Å². The van der Waals surface area contributed by atoms with E-state index in [9.17, 15) is 9.59 Å². The summed E-state index contributed by atoms with van der Waals surface area (Å²) in [5, 5.41) is 0. The summed E-state index contributed by atoms with van der Waals surface area (Å²) in [5.41, 5.74) is 7.78. The van der Waals surface area contributed by atoms with Crippen LogP contribution in [-0.2, 0) is 9.53 Å². The molecule has 2 rings (SSSR count). The van der Waals surface area contributed by atoms with Gasteiger partial charge in [0.15, 0.2) is 11.3 Å². The van der Waals surface area contributed by atoms with Crippen LogP contribution in [0.4, 0.5) is 0 Å². The van der Waals surface area contributed by atoms with Crippen molar-refractivity contribution in [3.63, 3.8) is 0 Å². The lowest BCUT2D eigenvalue weighted by Gasteiger charge is -2.26. The molecule has 0 fully saturated rings. The number of carbonyl (C=O) groups is 2. The van der Waals surface area contributed by atoms with E-state index in [1.807, 2.05) is 49.6 Å². The molecule has 0 heterocycles. The van der Waals surface area contributed by atoms with E-state index in [0.717, 1.165) is 16.7 Å². The minimum Gasteiger partial charge on any atom is -0.467 e. The van der Waals surface area contributed by atoms with Gasteiger partial charge in [0.2, 0.25) is 0 Å². The third-order valence-electron chi connectivity index (χ3n) is 4.26. The van der Waals surface area contributed by atoms with E-state index in [-0.39, 0.29) is 18.8 Å². The highest BCUT2D eigenvalue weighted by Gasteiger charge is 2.43. The highest BCUT2D eigenvalue weighted by molar-refractivity contribution is 7.98. The average Bonchev–Trinajstić information content (AvgIpc) is 2.65. The van der Waals surface area contributed by atoms with Crippen LogP contribution in [0.25, 0.3) is 11.1 Å². The predicted octanol–water partition coefficient (Wildman–Crippen LogP) is 3.89. The Morgan fingerprint density at radius 1 is 1.08 bits per heavy atom. The van der Waals surface area contributed by atoms with Crippen molar-refractivity contribution in [2.24, 2.45) is 5.73 Å². The van der Waals surface area contributed by atoms with Gasteiger partial charge in [0.25, 0.3) is 0 Å². The van der Waals surface area contributed by atoms with E-state index < -0.39 is 17.3 Å². The van der Waals surface area contributed by atoms with Crippen LogP contribution in [0.1, 0.15) is 22.3 Å². The van der Waals surface area contributed by atoms with Gasteiger partial charge < -0.3 is 10.5 Å². The van der Waals surface area contributed by atoms with Gasteiger partial charge in [0.05, 0.1) is 7.11 Å². The fourth-order valence-corrected chi connectivity index (χ4v) is 3.31. The molecule has 0 aliphatic heterocycles. The number of ketones is 1. The van der Waals surface area contributed by atoms with E-state index in [1.165, 1.54) is 18.9 Å². The zero-order valence-electron chi connectivity index (χ0n) is 15.2. The molecule has 0 saturated carbocycles. The molecule has 0 amide bonds. The number of aryl methyl sites for hydroxylation is 1. The largest absolute Gasteiger partial charge is 0.467 e. The number of hydrogen-bond acceptors (Lipinski definition) is 5. The Balaban J connectivity index is 0.00000338. The van der Waals surface area contributed by atoms with Gasteiger partial charge in [-0.1, -0.05) is 48.5 Å². The highest BCUT2D eigenvalue weighted by Crippen LogP contribution is 2.30. The Morgan fingerprint density at radius 3 is 2.23 bits per heavy atom. The number of halogens is 1. The molecule has 2 N–H and O–H groups in total. The van der Waals surface area contributed by atoms with Crippen molar-refractivity contribution in [2.75, 3.05) is 19.1 Å². The van der Waals surface area contributed by atoms with Crippen LogP contribution in [0, 0.1) is 6.92 Å². The van der Waals surface area contributed by atoms with Crippen LogP contribution in [-0.4, -0.2) is 36.4 Å². The molecule has 0 aliphatic rings. The number of Topliss-reactive ketones (excluding diaryl/α,β-unsaturated/α-hetero) is 1. The van der Waals surface area contributed by atoms with Crippen molar-refractivity contribution < 1.29 is 14.3 Å². The summed E-state index contributed by atoms with van der Waals surface area (Å²) in [5.74, 6) is -0.525. The molecule has 0 radical (unpaired) electrons. The Morgan fingerprint density at radius 2 is 1.65 bits per heavy atom. The minimum absolute atomic E-state index is 0. The van der Waals surface area contributed by atoms with Crippen LogP contribution in [0.15, 0.2) is 48.5 Å².